The van der Waals surface area contributed by atoms with Crippen LogP contribution in [0.15, 0.2) is 48.5 Å². The van der Waals surface area contributed by atoms with E-state index in [9.17, 15) is 9.59 Å². The highest BCUT2D eigenvalue weighted by Crippen LogP contribution is 2.19. The van der Waals surface area contributed by atoms with E-state index < -0.39 is 0 Å². The molecule has 0 bridgehead atoms. The van der Waals surface area contributed by atoms with Gasteiger partial charge in [-0.25, -0.2) is 0 Å². The summed E-state index contributed by atoms with van der Waals surface area (Å²) >= 11 is 0. The predicted molar refractivity (Wildman–Crippen MR) is 84.9 cm³/mol. The number of rotatable bonds is 6. The first kappa shape index (κ1) is 15.2. The van der Waals surface area contributed by atoms with E-state index in [1.165, 1.54) is 0 Å². The first-order valence-corrected chi connectivity index (χ1v) is 7.39. The van der Waals surface area contributed by atoms with Crippen molar-refractivity contribution in [1.29, 1.82) is 0 Å². The van der Waals surface area contributed by atoms with E-state index in [2.05, 4.69) is 0 Å². The molecule has 0 spiro atoms. The minimum atomic E-state index is 0.143. The lowest BCUT2D eigenvalue weighted by atomic mass is 9.92. The highest BCUT2D eigenvalue weighted by molar-refractivity contribution is 5.98. The van der Waals surface area contributed by atoms with E-state index >= 15 is 0 Å². The fourth-order valence-electron chi connectivity index (χ4n) is 2.48. The first-order chi connectivity index (χ1) is 10.2. The number of ketones is 2. The molecule has 0 atom stereocenters. The zero-order chi connectivity index (χ0) is 15.2. The molecule has 2 aromatic rings. The van der Waals surface area contributed by atoms with Gasteiger partial charge in [-0.1, -0.05) is 62.4 Å². The fraction of sp³-hybridized carbons (Fsp3) is 0.263. The molecule has 0 aromatic heterocycles. The molecule has 2 aromatic carbocycles. The topological polar surface area (TPSA) is 34.1 Å². The number of hydrogen-bond acceptors (Lipinski definition) is 2. The summed E-state index contributed by atoms with van der Waals surface area (Å²) < 4.78 is 0. The Balaban J connectivity index is 2.40. The second kappa shape index (κ2) is 6.98. The Bertz CT molecular complexity index is 599. The normalized spacial score (nSPS) is 10.4. The van der Waals surface area contributed by atoms with Gasteiger partial charge in [0.2, 0.25) is 0 Å². The van der Waals surface area contributed by atoms with E-state index in [1.807, 2.05) is 62.4 Å². The van der Waals surface area contributed by atoms with E-state index in [0.29, 0.717) is 19.3 Å². The van der Waals surface area contributed by atoms with Gasteiger partial charge in [0.25, 0.3) is 0 Å². The Morgan fingerprint density at radius 1 is 0.714 bits per heavy atom. The summed E-state index contributed by atoms with van der Waals surface area (Å²) in [7, 11) is 0. The first-order valence-electron chi connectivity index (χ1n) is 7.39. The molecular weight excluding hydrogens is 260 g/mol. The molecule has 0 aliphatic heterocycles. The Morgan fingerprint density at radius 2 is 1.10 bits per heavy atom. The molecule has 0 aliphatic rings. The van der Waals surface area contributed by atoms with Crippen LogP contribution in [0, 0.1) is 0 Å². The third-order valence-corrected chi connectivity index (χ3v) is 3.66. The van der Waals surface area contributed by atoms with Crippen LogP contribution in [0.5, 0.6) is 0 Å². The number of hydrogen-bond donors (Lipinski definition) is 0. The summed E-state index contributed by atoms with van der Waals surface area (Å²) in [6.45, 7) is 3.74. The van der Waals surface area contributed by atoms with Crippen molar-refractivity contribution in [2.75, 3.05) is 0 Å². The van der Waals surface area contributed by atoms with Crippen LogP contribution in [-0.4, -0.2) is 11.6 Å². The number of carbonyl (C=O) groups is 2. The van der Waals surface area contributed by atoms with Gasteiger partial charge in [-0.2, -0.15) is 0 Å². The summed E-state index contributed by atoms with van der Waals surface area (Å²) in [5, 5.41) is 0. The van der Waals surface area contributed by atoms with Crippen molar-refractivity contribution < 1.29 is 9.59 Å². The zero-order valence-corrected chi connectivity index (χ0v) is 12.6. The van der Waals surface area contributed by atoms with Crippen LogP contribution in [-0.2, 0) is 6.42 Å². The molecule has 0 heterocycles. The van der Waals surface area contributed by atoms with Crippen LogP contribution in [0.25, 0.3) is 0 Å². The van der Waals surface area contributed by atoms with Gasteiger partial charge in [0.1, 0.15) is 0 Å². The van der Waals surface area contributed by atoms with Crippen molar-refractivity contribution in [1.82, 2.24) is 0 Å². The van der Waals surface area contributed by atoms with Crippen molar-refractivity contribution in [2.24, 2.45) is 0 Å². The maximum absolute atomic E-state index is 12.0. The van der Waals surface area contributed by atoms with Gasteiger partial charge in [0.15, 0.2) is 11.6 Å². The maximum Gasteiger partial charge on any atom is 0.162 e. The Hall–Kier alpha value is -2.22. The molecular formula is C19H20O2. The average molecular weight is 280 g/mol. The van der Waals surface area contributed by atoms with Crippen molar-refractivity contribution in [3.63, 3.8) is 0 Å². The van der Waals surface area contributed by atoms with E-state index in [0.717, 1.165) is 22.3 Å². The molecule has 108 valence electrons. The summed E-state index contributed by atoms with van der Waals surface area (Å²) in [5.41, 5.74) is 3.50. The summed E-state index contributed by atoms with van der Waals surface area (Å²) in [4.78, 5) is 24.1. The minimum absolute atomic E-state index is 0.143. The highest BCUT2D eigenvalue weighted by Gasteiger charge is 2.13. The summed E-state index contributed by atoms with van der Waals surface area (Å²) in [6, 6.07) is 15.3. The second-order valence-corrected chi connectivity index (χ2v) is 5.04. The molecule has 0 unspecified atom stereocenters. The molecule has 0 radical (unpaired) electrons. The molecule has 0 aliphatic carbocycles. The Morgan fingerprint density at radius 3 is 1.48 bits per heavy atom. The van der Waals surface area contributed by atoms with Crippen molar-refractivity contribution in [3.8, 4) is 0 Å². The van der Waals surface area contributed by atoms with Gasteiger partial charge in [0, 0.05) is 24.0 Å². The number of benzene rings is 2. The summed E-state index contributed by atoms with van der Waals surface area (Å²) in [5.74, 6) is 0.287. The van der Waals surface area contributed by atoms with Gasteiger partial charge in [-0.15, -0.1) is 0 Å². The van der Waals surface area contributed by atoms with Crippen LogP contribution >= 0.6 is 0 Å². The van der Waals surface area contributed by atoms with Crippen LogP contribution in [0.1, 0.15) is 58.5 Å². The van der Waals surface area contributed by atoms with Crippen LogP contribution in [0.3, 0.4) is 0 Å². The molecule has 0 N–H and O–H groups in total. The minimum Gasteiger partial charge on any atom is -0.294 e. The third kappa shape index (κ3) is 3.46. The van der Waals surface area contributed by atoms with Crippen LogP contribution < -0.4 is 0 Å². The van der Waals surface area contributed by atoms with Gasteiger partial charge < -0.3 is 0 Å². The number of Topliss-reactive ketones (excluding diaryl/α,β-unsaturated/α-hetero) is 2. The average Bonchev–Trinajstić information content (AvgIpc) is 2.54. The van der Waals surface area contributed by atoms with Gasteiger partial charge in [0.05, 0.1) is 0 Å². The fourth-order valence-corrected chi connectivity index (χ4v) is 2.48. The monoisotopic (exact) mass is 280 g/mol. The lowest BCUT2D eigenvalue weighted by molar-refractivity contribution is 0.0980. The quantitative estimate of drug-likeness (QED) is 0.732. The molecule has 2 heteroatoms. The van der Waals surface area contributed by atoms with Gasteiger partial charge >= 0.3 is 0 Å². The van der Waals surface area contributed by atoms with Crippen molar-refractivity contribution in [2.45, 2.75) is 33.1 Å². The van der Waals surface area contributed by atoms with Crippen LogP contribution in [0.4, 0.5) is 0 Å². The van der Waals surface area contributed by atoms with Crippen molar-refractivity contribution in [3.05, 3.63) is 70.8 Å². The SMILES string of the molecule is CCC(=O)c1ccccc1Cc1ccccc1C(=O)CC. The molecule has 0 amide bonds. The zero-order valence-electron chi connectivity index (χ0n) is 12.6. The molecule has 21 heavy (non-hydrogen) atoms. The van der Waals surface area contributed by atoms with E-state index in [1.54, 1.807) is 0 Å². The van der Waals surface area contributed by atoms with E-state index in [4.69, 9.17) is 0 Å². The molecule has 2 rings (SSSR count). The standard InChI is InChI=1S/C19H20O2/c1-3-18(20)16-11-7-5-9-14(16)13-15-10-6-8-12-17(15)19(21)4-2/h5-12H,3-4,13H2,1-2H3. The number of carbonyl (C=O) groups excluding carboxylic acids is 2. The third-order valence-electron chi connectivity index (χ3n) is 3.66. The van der Waals surface area contributed by atoms with E-state index in [-0.39, 0.29) is 11.6 Å². The van der Waals surface area contributed by atoms with Gasteiger partial charge in [-0.05, 0) is 17.5 Å². The molecule has 0 fully saturated rings. The van der Waals surface area contributed by atoms with Crippen LogP contribution in [0.2, 0.25) is 0 Å². The maximum atomic E-state index is 12.0. The van der Waals surface area contributed by atoms with Crippen molar-refractivity contribution >= 4 is 11.6 Å². The molecule has 0 saturated heterocycles. The summed E-state index contributed by atoms with van der Waals surface area (Å²) in [6.07, 6.45) is 1.60. The second-order valence-electron chi connectivity index (χ2n) is 5.04. The Labute approximate surface area is 125 Å². The molecule has 2 nitrogen and oxygen atoms in total. The van der Waals surface area contributed by atoms with Gasteiger partial charge in [-0.3, -0.25) is 9.59 Å². The Kier molecular flexibility index (Phi) is 5.04. The largest absolute Gasteiger partial charge is 0.294 e. The smallest absolute Gasteiger partial charge is 0.162 e. The molecule has 0 saturated carbocycles. The lowest BCUT2D eigenvalue weighted by Crippen LogP contribution is -2.06. The lowest BCUT2D eigenvalue weighted by Gasteiger charge is -2.11. The predicted octanol–water partition coefficient (Wildman–Crippen LogP) is 4.46. The highest BCUT2D eigenvalue weighted by atomic mass is 16.1.